The van der Waals surface area contributed by atoms with Crippen LogP contribution in [0.1, 0.15) is 37.3 Å². The first-order valence-electron chi connectivity index (χ1n) is 6.91. The van der Waals surface area contributed by atoms with Crippen molar-refractivity contribution >= 4 is 5.69 Å². The molecule has 1 aliphatic heterocycles. The highest BCUT2D eigenvalue weighted by Crippen LogP contribution is 2.31. The number of para-hydroxylation sites is 1. The van der Waals surface area contributed by atoms with Crippen molar-refractivity contribution in [1.82, 2.24) is 0 Å². The van der Waals surface area contributed by atoms with Crippen LogP contribution in [0.5, 0.6) is 0 Å². The number of ether oxygens (including phenoxy) is 1. The Hall–Kier alpha value is -1.06. The van der Waals surface area contributed by atoms with E-state index >= 15 is 0 Å². The Balaban J connectivity index is 2.04. The fourth-order valence-corrected chi connectivity index (χ4v) is 2.65. The number of anilines is 1. The van der Waals surface area contributed by atoms with E-state index in [9.17, 15) is 0 Å². The lowest BCUT2D eigenvalue weighted by Gasteiger charge is -2.25. The molecule has 0 aliphatic carbocycles. The molecule has 1 aliphatic rings. The average Bonchev–Trinajstić information content (AvgIpc) is 2.56. The van der Waals surface area contributed by atoms with Gasteiger partial charge in [0, 0.05) is 38.5 Å². The van der Waals surface area contributed by atoms with Crippen molar-refractivity contribution in [2.75, 3.05) is 31.7 Å². The lowest BCUT2D eigenvalue weighted by molar-refractivity contribution is 0.193. The van der Waals surface area contributed by atoms with E-state index < -0.39 is 0 Å². The summed E-state index contributed by atoms with van der Waals surface area (Å²) in [4.78, 5) is 2.48. The minimum atomic E-state index is 0.199. The molecule has 1 aromatic rings. The van der Waals surface area contributed by atoms with E-state index in [1.807, 2.05) is 0 Å². The summed E-state index contributed by atoms with van der Waals surface area (Å²) >= 11 is 0. The van der Waals surface area contributed by atoms with Gasteiger partial charge in [0.25, 0.3) is 0 Å². The average molecular weight is 248 g/mol. The van der Waals surface area contributed by atoms with Crippen LogP contribution in [0.15, 0.2) is 24.3 Å². The van der Waals surface area contributed by atoms with Gasteiger partial charge in [-0.15, -0.1) is 0 Å². The van der Waals surface area contributed by atoms with E-state index in [2.05, 4.69) is 29.2 Å². The van der Waals surface area contributed by atoms with Crippen LogP contribution in [0.2, 0.25) is 0 Å². The topological polar surface area (TPSA) is 38.5 Å². The van der Waals surface area contributed by atoms with Gasteiger partial charge in [0.15, 0.2) is 0 Å². The van der Waals surface area contributed by atoms with Crippen molar-refractivity contribution in [1.29, 1.82) is 0 Å². The lowest BCUT2D eigenvalue weighted by atomic mass is 10.0. The molecule has 100 valence electrons. The summed E-state index contributed by atoms with van der Waals surface area (Å²) < 4.78 is 5.10. The van der Waals surface area contributed by atoms with Crippen LogP contribution >= 0.6 is 0 Å². The molecule has 3 nitrogen and oxygen atoms in total. The number of nitrogens with two attached hydrogens (primary N) is 1. The zero-order chi connectivity index (χ0) is 12.8. The van der Waals surface area contributed by atoms with Gasteiger partial charge in [-0.1, -0.05) is 18.2 Å². The molecule has 0 radical (unpaired) electrons. The zero-order valence-corrected chi connectivity index (χ0v) is 11.3. The van der Waals surface area contributed by atoms with Gasteiger partial charge in [0.2, 0.25) is 0 Å². The predicted molar refractivity (Wildman–Crippen MR) is 75.9 cm³/mol. The Morgan fingerprint density at radius 2 is 2.17 bits per heavy atom. The summed E-state index contributed by atoms with van der Waals surface area (Å²) in [6.45, 7) is 3.08. The number of hydrogen-bond donors (Lipinski definition) is 1. The monoisotopic (exact) mass is 248 g/mol. The molecular weight excluding hydrogens is 224 g/mol. The summed E-state index contributed by atoms with van der Waals surface area (Å²) in [7, 11) is 1.76. The van der Waals surface area contributed by atoms with Gasteiger partial charge in [-0.25, -0.2) is 0 Å². The Kier molecular flexibility index (Phi) is 5.02. The normalized spacial score (nSPS) is 19.4. The number of benzene rings is 1. The predicted octanol–water partition coefficient (Wildman–Crippen LogP) is 2.71. The third-order valence-corrected chi connectivity index (χ3v) is 3.65. The van der Waals surface area contributed by atoms with Crippen LogP contribution in [0, 0.1) is 0 Å². The summed E-state index contributed by atoms with van der Waals surface area (Å²) in [5, 5.41) is 0. The maximum Gasteiger partial charge on any atom is 0.0462 e. The van der Waals surface area contributed by atoms with Crippen molar-refractivity contribution in [3.05, 3.63) is 29.8 Å². The first-order chi connectivity index (χ1) is 8.83. The standard InChI is InChI=1S/C15H24N2O/c1-18-12-5-4-10-17-11-6-8-14(16)13-7-2-3-9-15(13)17/h2-3,7,9,14H,4-6,8,10-12,16H2,1H3. The van der Waals surface area contributed by atoms with Gasteiger partial charge in [-0.2, -0.15) is 0 Å². The highest BCUT2D eigenvalue weighted by molar-refractivity contribution is 5.55. The molecule has 0 spiro atoms. The fourth-order valence-electron chi connectivity index (χ4n) is 2.65. The Morgan fingerprint density at radius 1 is 1.33 bits per heavy atom. The van der Waals surface area contributed by atoms with Crippen LogP contribution in [-0.4, -0.2) is 26.8 Å². The Morgan fingerprint density at radius 3 is 3.00 bits per heavy atom. The first kappa shape index (κ1) is 13.4. The molecule has 1 heterocycles. The van der Waals surface area contributed by atoms with E-state index in [1.165, 1.54) is 24.1 Å². The van der Waals surface area contributed by atoms with Crippen LogP contribution in [0.25, 0.3) is 0 Å². The van der Waals surface area contributed by atoms with E-state index in [0.29, 0.717) is 0 Å². The van der Waals surface area contributed by atoms with Crippen LogP contribution in [0.3, 0.4) is 0 Å². The van der Waals surface area contributed by atoms with Crippen molar-refractivity contribution < 1.29 is 4.74 Å². The second-order valence-electron chi connectivity index (χ2n) is 4.99. The molecule has 0 aromatic heterocycles. The highest BCUT2D eigenvalue weighted by Gasteiger charge is 2.19. The molecule has 1 unspecified atom stereocenters. The van der Waals surface area contributed by atoms with E-state index in [1.54, 1.807) is 7.11 Å². The molecular formula is C15H24N2O. The summed E-state index contributed by atoms with van der Waals surface area (Å²) in [5.41, 5.74) is 8.88. The molecule has 0 amide bonds. The number of unbranched alkanes of at least 4 members (excludes halogenated alkanes) is 1. The van der Waals surface area contributed by atoms with Crippen molar-refractivity contribution in [3.63, 3.8) is 0 Å². The third kappa shape index (κ3) is 3.24. The van der Waals surface area contributed by atoms with Gasteiger partial charge in [0.1, 0.15) is 0 Å². The van der Waals surface area contributed by atoms with E-state index in [4.69, 9.17) is 10.5 Å². The minimum Gasteiger partial charge on any atom is -0.385 e. The minimum absolute atomic E-state index is 0.199. The second-order valence-corrected chi connectivity index (χ2v) is 4.99. The Bertz CT molecular complexity index is 367. The SMILES string of the molecule is COCCCCN1CCCC(N)c2ccccc21. The molecule has 3 heteroatoms. The maximum absolute atomic E-state index is 6.24. The molecule has 0 saturated heterocycles. The quantitative estimate of drug-likeness (QED) is 0.814. The van der Waals surface area contributed by atoms with Gasteiger partial charge in [-0.3, -0.25) is 0 Å². The molecule has 1 aromatic carbocycles. The molecule has 2 N–H and O–H groups in total. The summed E-state index contributed by atoms with van der Waals surface area (Å²) in [5.74, 6) is 0. The van der Waals surface area contributed by atoms with E-state index in [-0.39, 0.29) is 6.04 Å². The lowest BCUT2D eigenvalue weighted by Crippen LogP contribution is -2.25. The van der Waals surface area contributed by atoms with Gasteiger partial charge in [-0.05, 0) is 37.3 Å². The van der Waals surface area contributed by atoms with Gasteiger partial charge < -0.3 is 15.4 Å². The summed E-state index contributed by atoms with van der Waals surface area (Å²) in [6, 6.07) is 8.78. The molecule has 18 heavy (non-hydrogen) atoms. The molecule has 0 fully saturated rings. The maximum atomic E-state index is 6.24. The van der Waals surface area contributed by atoms with Crippen molar-refractivity contribution in [2.24, 2.45) is 5.73 Å². The van der Waals surface area contributed by atoms with Gasteiger partial charge >= 0.3 is 0 Å². The first-order valence-corrected chi connectivity index (χ1v) is 6.91. The smallest absolute Gasteiger partial charge is 0.0462 e. The number of methoxy groups -OCH3 is 1. The number of rotatable bonds is 5. The molecule has 2 rings (SSSR count). The van der Waals surface area contributed by atoms with Crippen LogP contribution in [-0.2, 0) is 4.74 Å². The Labute approximate surface area is 110 Å². The van der Waals surface area contributed by atoms with E-state index in [0.717, 1.165) is 32.5 Å². The third-order valence-electron chi connectivity index (χ3n) is 3.65. The number of hydrogen-bond acceptors (Lipinski definition) is 3. The molecule has 0 saturated carbocycles. The largest absolute Gasteiger partial charge is 0.385 e. The van der Waals surface area contributed by atoms with Crippen molar-refractivity contribution in [2.45, 2.75) is 31.7 Å². The number of fused-ring (bicyclic) bond motifs is 1. The zero-order valence-electron chi connectivity index (χ0n) is 11.3. The molecule has 0 bridgehead atoms. The van der Waals surface area contributed by atoms with Crippen LogP contribution < -0.4 is 10.6 Å². The molecule has 1 atom stereocenters. The summed E-state index contributed by atoms with van der Waals surface area (Å²) in [6.07, 6.45) is 4.57. The highest BCUT2D eigenvalue weighted by atomic mass is 16.5. The van der Waals surface area contributed by atoms with Crippen molar-refractivity contribution in [3.8, 4) is 0 Å². The van der Waals surface area contributed by atoms with Gasteiger partial charge in [0.05, 0.1) is 0 Å². The fraction of sp³-hybridized carbons (Fsp3) is 0.600. The van der Waals surface area contributed by atoms with Crippen LogP contribution in [0.4, 0.5) is 5.69 Å². The second kappa shape index (κ2) is 6.76. The number of nitrogens with zero attached hydrogens (tertiary/aromatic N) is 1.